The number of phenolic OH excluding ortho intramolecular Hbond substituents is 1. The maximum atomic E-state index is 12.5. The Morgan fingerprint density at radius 2 is 1.38 bits per heavy atom. The van der Waals surface area contributed by atoms with Crippen molar-refractivity contribution in [2.75, 3.05) is 46.6 Å². The van der Waals surface area contributed by atoms with E-state index in [9.17, 15) is 9.90 Å². The lowest BCUT2D eigenvalue weighted by molar-refractivity contribution is -0.115. The van der Waals surface area contributed by atoms with E-state index in [0.29, 0.717) is 49.5 Å². The van der Waals surface area contributed by atoms with Crippen LogP contribution in [0, 0.1) is 0 Å². The van der Waals surface area contributed by atoms with Crippen LogP contribution in [-0.4, -0.2) is 76.3 Å². The number of nitrogens with zero attached hydrogens (tertiary/aromatic N) is 5. The minimum Gasteiger partial charge on any atom is -0.506 e. The molecule has 1 amide bonds. The number of hydrogen-bond acceptors (Lipinski definition) is 12. The molecule has 5 rings (SSSR count). The number of benzene rings is 2. The smallest absolute Gasteiger partial charge is 0.233 e. The minimum atomic E-state index is -0.232. The van der Waals surface area contributed by atoms with E-state index in [4.69, 9.17) is 27.9 Å². The van der Waals surface area contributed by atoms with Crippen molar-refractivity contribution in [3.63, 3.8) is 0 Å². The van der Waals surface area contributed by atoms with Crippen molar-refractivity contribution < 1.29 is 9.90 Å². The zero-order chi connectivity index (χ0) is 28.2. The number of nitrogens with one attached hydrogen (secondary N) is 2. The fraction of sp³-hybridized carbons (Fsp3) is 0.407. The van der Waals surface area contributed by atoms with Crippen LogP contribution >= 0.6 is 0 Å². The Hall–Kier alpha value is -4.04. The van der Waals surface area contributed by atoms with Gasteiger partial charge in [0.05, 0.1) is 12.1 Å². The van der Waals surface area contributed by atoms with Gasteiger partial charge in [0.1, 0.15) is 5.75 Å². The number of hydrogen-bond donors (Lipinski definition) is 7. The molecule has 2 aliphatic rings. The summed E-state index contributed by atoms with van der Waals surface area (Å²) in [5.41, 5.74) is 26.6. The van der Waals surface area contributed by atoms with Gasteiger partial charge < -0.3 is 48.5 Å². The Morgan fingerprint density at radius 1 is 0.825 bits per heavy atom. The third kappa shape index (κ3) is 6.93. The fourth-order valence-electron chi connectivity index (χ4n) is 5.20. The normalized spacial score (nSPS) is 23.1. The number of rotatable bonds is 7. The monoisotopic (exact) mass is 547 g/mol. The summed E-state index contributed by atoms with van der Waals surface area (Å²) in [5, 5.41) is 16.5. The zero-order valence-electron chi connectivity index (χ0n) is 22.3. The number of anilines is 5. The second-order valence-electron chi connectivity index (χ2n) is 10.6. The van der Waals surface area contributed by atoms with E-state index in [-0.39, 0.29) is 48.2 Å². The molecule has 0 bridgehead atoms. The summed E-state index contributed by atoms with van der Waals surface area (Å²) in [6.45, 7) is 2.25. The maximum absolute atomic E-state index is 12.5. The summed E-state index contributed by atoms with van der Waals surface area (Å²) >= 11 is 0. The lowest BCUT2D eigenvalue weighted by Crippen LogP contribution is -2.54. The molecular formula is C27H37N11O2. The highest BCUT2D eigenvalue weighted by atomic mass is 16.3. The lowest BCUT2D eigenvalue weighted by atomic mass is 10.0. The van der Waals surface area contributed by atoms with Gasteiger partial charge in [0.15, 0.2) is 0 Å². The van der Waals surface area contributed by atoms with Crippen LogP contribution in [0.25, 0.3) is 0 Å². The van der Waals surface area contributed by atoms with Gasteiger partial charge in [-0.1, -0.05) is 30.3 Å². The molecule has 2 aromatic carbocycles. The summed E-state index contributed by atoms with van der Waals surface area (Å²) in [6, 6.07) is 13.8. The Balaban J connectivity index is 1.36. The van der Waals surface area contributed by atoms with Crippen LogP contribution in [0.4, 0.5) is 29.2 Å². The van der Waals surface area contributed by atoms with Crippen molar-refractivity contribution in [3.05, 3.63) is 54.1 Å². The van der Waals surface area contributed by atoms with E-state index in [1.807, 2.05) is 40.1 Å². The van der Waals surface area contributed by atoms with Crippen molar-refractivity contribution in [2.45, 2.75) is 43.4 Å². The van der Waals surface area contributed by atoms with Crippen LogP contribution in [-0.2, 0) is 11.2 Å². The molecule has 40 heavy (non-hydrogen) atoms. The van der Waals surface area contributed by atoms with Crippen LogP contribution < -0.4 is 43.4 Å². The van der Waals surface area contributed by atoms with Gasteiger partial charge >= 0.3 is 0 Å². The molecule has 0 aliphatic carbocycles. The molecule has 3 aromatic rings. The van der Waals surface area contributed by atoms with Crippen LogP contribution in [0.3, 0.4) is 0 Å². The number of nitrogens with two attached hydrogens (primary N) is 4. The molecule has 11 N–H and O–H groups in total. The van der Waals surface area contributed by atoms with Crippen molar-refractivity contribution in [1.82, 2.24) is 15.0 Å². The van der Waals surface area contributed by atoms with Crippen LogP contribution in [0.15, 0.2) is 48.5 Å². The van der Waals surface area contributed by atoms with Gasteiger partial charge in [-0.3, -0.25) is 4.79 Å². The highest BCUT2D eigenvalue weighted by molar-refractivity contribution is 5.94. The Morgan fingerprint density at radius 3 is 1.90 bits per heavy atom. The third-order valence-corrected chi connectivity index (χ3v) is 6.94. The Kier molecular flexibility index (Phi) is 8.26. The largest absolute Gasteiger partial charge is 0.506 e. The number of piperidine rings is 2. The molecule has 212 valence electrons. The van der Waals surface area contributed by atoms with Gasteiger partial charge in [-0.25, -0.2) is 0 Å². The zero-order valence-corrected chi connectivity index (χ0v) is 22.3. The molecule has 0 unspecified atom stereocenters. The van der Waals surface area contributed by atoms with Gasteiger partial charge in [-0.15, -0.1) is 0 Å². The standard InChI is InChI=1S/C27H37N11O2/c28-17-9-18(29)13-37(12-17)26-34-25(35-27(36-26)38-14-19(30)10-20(31)15-38)32-21-6-7-22(23(39)11-21)33-24(40)8-16-4-2-1-3-5-16/h1-7,11,17-20,39H,8-10,12-15,28-31H2,(H,33,40)(H,32,34,35,36)/t17-,18+,19-,20+. The van der Waals surface area contributed by atoms with Gasteiger partial charge in [0.2, 0.25) is 23.8 Å². The molecular weight excluding hydrogens is 510 g/mol. The Labute approximate surface area is 233 Å². The third-order valence-electron chi connectivity index (χ3n) is 6.94. The summed E-state index contributed by atoms with van der Waals surface area (Å²) in [4.78, 5) is 30.4. The van der Waals surface area contributed by atoms with E-state index in [1.54, 1.807) is 12.1 Å². The van der Waals surface area contributed by atoms with E-state index < -0.39 is 0 Å². The average Bonchev–Trinajstić information content (AvgIpc) is 2.89. The van der Waals surface area contributed by atoms with E-state index in [1.165, 1.54) is 6.07 Å². The highest BCUT2D eigenvalue weighted by Crippen LogP contribution is 2.29. The molecule has 1 aromatic heterocycles. The fourth-order valence-corrected chi connectivity index (χ4v) is 5.20. The first-order valence-electron chi connectivity index (χ1n) is 13.4. The van der Waals surface area contributed by atoms with Crippen LogP contribution in [0.5, 0.6) is 5.75 Å². The van der Waals surface area contributed by atoms with Crippen molar-refractivity contribution in [1.29, 1.82) is 0 Å². The lowest BCUT2D eigenvalue weighted by Gasteiger charge is -2.37. The molecule has 2 saturated heterocycles. The molecule has 0 spiro atoms. The topological polar surface area (TPSA) is 211 Å². The molecule has 13 nitrogen and oxygen atoms in total. The number of carbonyl (C=O) groups excluding carboxylic acids is 1. The SMILES string of the molecule is N[C@@H]1C[C@H](N)CN(c2nc(Nc3ccc(NC(=O)Cc4ccccc4)c(O)c3)nc(N3C[C@H](N)C[C@H](N)C3)n2)C1. The van der Waals surface area contributed by atoms with E-state index >= 15 is 0 Å². The molecule has 0 radical (unpaired) electrons. The summed E-state index contributed by atoms with van der Waals surface area (Å²) in [6.07, 6.45) is 1.65. The average molecular weight is 548 g/mol. The van der Waals surface area contributed by atoms with Gasteiger partial charge in [-0.2, -0.15) is 15.0 Å². The minimum absolute atomic E-state index is 0.0955. The maximum Gasteiger partial charge on any atom is 0.233 e. The number of aromatic hydroxyl groups is 1. The van der Waals surface area contributed by atoms with Gasteiger partial charge in [-0.05, 0) is 30.5 Å². The number of phenols is 1. The first-order valence-corrected chi connectivity index (χ1v) is 13.4. The van der Waals surface area contributed by atoms with E-state index in [2.05, 4.69) is 20.6 Å². The second kappa shape index (κ2) is 12.0. The number of aromatic nitrogens is 3. The van der Waals surface area contributed by atoms with Crippen LogP contribution in [0.2, 0.25) is 0 Å². The second-order valence-corrected chi connectivity index (χ2v) is 10.6. The molecule has 4 atom stereocenters. The Bertz CT molecular complexity index is 1260. The molecule has 2 aliphatic heterocycles. The van der Waals surface area contributed by atoms with Crippen molar-refractivity contribution in [3.8, 4) is 5.75 Å². The van der Waals surface area contributed by atoms with Crippen molar-refractivity contribution >= 4 is 35.1 Å². The summed E-state index contributed by atoms with van der Waals surface area (Å²) < 4.78 is 0. The molecule has 13 heteroatoms. The number of amides is 1. The van der Waals surface area contributed by atoms with E-state index in [0.717, 1.165) is 18.4 Å². The first kappa shape index (κ1) is 27.5. The molecule has 0 saturated carbocycles. The highest BCUT2D eigenvalue weighted by Gasteiger charge is 2.28. The summed E-state index contributed by atoms with van der Waals surface area (Å²) in [5.74, 6) is 0.840. The predicted octanol–water partition coefficient (Wildman–Crippen LogP) is 0.231. The van der Waals surface area contributed by atoms with Gasteiger partial charge in [0, 0.05) is 62.1 Å². The predicted molar refractivity (Wildman–Crippen MR) is 156 cm³/mol. The van der Waals surface area contributed by atoms with Crippen molar-refractivity contribution in [2.24, 2.45) is 22.9 Å². The quantitative estimate of drug-likeness (QED) is 0.198. The number of carbonyl (C=O) groups is 1. The molecule has 3 heterocycles. The first-order chi connectivity index (χ1) is 19.2. The molecule has 2 fully saturated rings. The van der Waals surface area contributed by atoms with Crippen LogP contribution in [0.1, 0.15) is 18.4 Å². The summed E-state index contributed by atoms with van der Waals surface area (Å²) in [7, 11) is 0. The van der Waals surface area contributed by atoms with Gasteiger partial charge in [0.25, 0.3) is 0 Å².